The third-order valence-corrected chi connectivity index (χ3v) is 5.91. The number of hydrogen-bond donors (Lipinski definition) is 2. The van der Waals surface area contributed by atoms with Crippen molar-refractivity contribution in [3.8, 4) is 11.1 Å². The van der Waals surface area contributed by atoms with Crippen molar-refractivity contribution in [2.24, 2.45) is 0 Å². The molecule has 0 aliphatic heterocycles. The summed E-state index contributed by atoms with van der Waals surface area (Å²) >= 11 is 0. The van der Waals surface area contributed by atoms with Gasteiger partial charge in [0.25, 0.3) is 11.8 Å². The fraction of sp³-hybridized carbons (Fsp3) is 0.133. The Bertz CT molecular complexity index is 1220. The van der Waals surface area contributed by atoms with Crippen LogP contribution in [0, 0.1) is 0 Å². The summed E-state index contributed by atoms with van der Waals surface area (Å²) in [4.78, 5) is 29.3. The standard InChI is InChI=1S/C30H30N4O2/c1-33(2)27-17-13-25(14-18-27)31-29(35)23-9-5-21(6-10-23)22-7-11-24(12-8-22)30(36)32-26-15-19-28(20-16-26)34(3)4/h5-20H,1-4H3,(H,31,35)(H,32,36). The summed E-state index contributed by atoms with van der Waals surface area (Å²) in [7, 11) is 7.90. The molecule has 0 atom stereocenters. The van der Waals surface area contributed by atoms with E-state index in [1.54, 1.807) is 24.3 Å². The molecule has 0 spiro atoms. The maximum atomic E-state index is 12.6. The lowest BCUT2D eigenvalue weighted by Gasteiger charge is -2.13. The summed E-state index contributed by atoms with van der Waals surface area (Å²) in [6, 6.07) is 30.2. The first-order valence-corrected chi connectivity index (χ1v) is 11.7. The maximum Gasteiger partial charge on any atom is 0.255 e. The molecule has 0 bridgehead atoms. The highest BCUT2D eigenvalue weighted by Gasteiger charge is 2.09. The summed E-state index contributed by atoms with van der Waals surface area (Å²) in [6.45, 7) is 0. The molecule has 6 heteroatoms. The molecule has 0 saturated heterocycles. The number of carbonyl (C=O) groups excluding carboxylic acids is 2. The Morgan fingerprint density at radius 2 is 0.778 bits per heavy atom. The number of carbonyl (C=O) groups is 2. The molecule has 4 rings (SSSR count). The highest BCUT2D eigenvalue weighted by atomic mass is 16.2. The van der Waals surface area contributed by atoms with E-state index in [1.807, 2.05) is 111 Å². The minimum absolute atomic E-state index is 0.162. The molecule has 6 nitrogen and oxygen atoms in total. The third kappa shape index (κ3) is 5.91. The second kappa shape index (κ2) is 10.8. The van der Waals surface area contributed by atoms with E-state index in [0.717, 1.165) is 33.9 Å². The van der Waals surface area contributed by atoms with Crippen molar-refractivity contribution in [1.82, 2.24) is 0 Å². The predicted molar refractivity (Wildman–Crippen MR) is 149 cm³/mol. The van der Waals surface area contributed by atoms with Gasteiger partial charge in [-0.1, -0.05) is 24.3 Å². The zero-order valence-corrected chi connectivity index (χ0v) is 20.9. The normalized spacial score (nSPS) is 10.4. The van der Waals surface area contributed by atoms with E-state index < -0.39 is 0 Å². The molecular formula is C30H30N4O2. The smallest absolute Gasteiger partial charge is 0.255 e. The Kier molecular flexibility index (Phi) is 7.35. The molecule has 0 aliphatic rings. The van der Waals surface area contributed by atoms with Crippen LogP contribution in [0.3, 0.4) is 0 Å². The van der Waals surface area contributed by atoms with E-state index in [-0.39, 0.29) is 11.8 Å². The van der Waals surface area contributed by atoms with Gasteiger partial charge in [-0.05, 0) is 83.9 Å². The summed E-state index contributed by atoms with van der Waals surface area (Å²) in [5.41, 5.74) is 6.72. The SMILES string of the molecule is CN(C)c1ccc(NC(=O)c2ccc(-c3ccc(C(=O)Nc4ccc(N(C)C)cc4)cc3)cc2)cc1. The largest absolute Gasteiger partial charge is 0.378 e. The van der Waals surface area contributed by atoms with Crippen LogP contribution >= 0.6 is 0 Å². The van der Waals surface area contributed by atoms with Gasteiger partial charge in [0.2, 0.25) is 0 Å². The van der Waals surface area contributed by atoms with Gasteiger partial charge in [-0.3, -0.25) is 9.59 Å². The van der Waals surface area contributed by atoms with Crippen LogP contribution in [0.2, 0.25) is 0 Å². The van der Waals surface area contributed by atoms with Gasteiger partial charge in [0, 0.05) is 62.1 Å². The number of amides is 2. The van der Waals surface area contributed by atoms with Crippen molar-refractivity contribution in [3.63, 3.8) is 0 Å². The number of rotatable bonds is 7. The average Bonchev–Trinajstić information content (AvgIpc) is 2.89. The second-order valence-electron chi connectivity index (χ2n) is 8.95. The van der Waals surface area contributed by atoms with Gasteiger partial charge in [-0.2, -0.15) is 0 Å². The van der Waals surface area contributed by atoms with Gasteiger partial charge in [-0.15, -0.1) is 0 Å². The van der Waals surface area contributed by atoms with E-state index in [0.29, 0.717) is 11.1 Å². The predicted octanol–water partition coefficient (Wildman–Crippen LogP) is 5.99. The molecular weight excluding hydrogens is 448 g/mol. The molecule has 2 amide bonds. The summed E-state index contributed by atoms with van der Waals surface area (Å²) in [5.74, 6) is -0.324. The summed E-state index contributed by atoms with van der Waals surface area (Å²) in [6.07, 6.45) is 0. The van der Waals surface area contributed by atoms with Crippen LogP contribution in [0.1, 0.15) is 20.7 Å². The molecule has 0 heterocycles. The van der Waals surface area contributed by atoms with E-state index >= 15 is 0 Å². The lowest BCUT2D eigenvalue weighted by Crippen LogP contribution is -2.12. The van der Waals surface area contributed by atoms with Gasteiger partial charge in [0.05, 0.1) is 0 Å². The maximum absolute atomic E-state index is 12.6. The molecule has 182 valence electrons. The van der Waals surface area contributed by atoms with E-state index in [4.69, 9.17) is 0 Å². The van der Waals surface area contributed by atoms with Crippen LogP contribution in [0.15, 0.2) is 97.1 Å². The van der Waals surface area contributed by atoms with Crippen LogP contribution in [0.25, 0.3) is 11.1 Å². The van der Waals surface area contributed by atoms with Crippen LogP contribution < -0.4 is 20.4 Å². The first-order valence-electron chi connectivity index (χ1n) is 11.7. The molecule has 2 N–H and O–H groups in total. The van der Waals surface area contributed by atoms with Gasteiger partial charge < -0.3 is 20.4 Å². The third-order valence-electron chi connectivity index (χ3n) is 5.91. The molecule has 0 radical (unpaired) electrons. The van der Waals surface area contributed by atoms with Crippen LogP contribution in [-0.2, 0) is 0 Å². The van der Waals surface area contributed by atoms with Crippen molar-refractivity contribution >= 4 is 34.6 Å². The number of nitrogens with zero attached hydrogens (tertiary/aromatic N) is 2. The van der Waals surface area contributed by atoms with Crippen LogP contribution in [-0.4, -0.2) is 40.0 Å². The molecule has 0 unspecified atom stereocenters. The number of benzene rings is 4. The van der Waals surface area contributed by atoms with Crippen molar-refractivity contribution in [2.75, 3.05) is 48.6 Å². The highest BCUT2D eigenvalue weighted by molar-refractivity contribution is 6.05. The van der Waals surface area contributed by atoms with Crippen LogP contribution in [0.4, 0.5) is 22.7 Å². The monoisotopic (exact) mass is 478 g/mol. The lowest BCUT2D eigenvalue weighted by molar-refractivity contribution is 0.101. The quantitative estimate of drug-likeness (QED) is 0.342. The fourth-order valence-electron chi connectivity index (χ4n) is 3.72. The Morgan fingerprint density at radius 1 is 0.472 bits per heavy atom. The molecule has 0 aromatic heterocycles. The molecule has 0 aliphatic carbocycles. The number of anilines is 4. The summed E-state index contributed by atoms with van der Waals surface area (Å²) in [5, 5.41) is 5.86. The molecule has 0 fully saturated rings. The zero-order valence-electron chi connectivity index (χ0n) is 20.9. The fourth-order valence-corrected chi connectivity index (χ4v) is 3.72. The first kappa shape index (κ1) is 24.5. The minimum Gasteiger partial charge on any atom is -0.378 e. The summed E-state index contributed by atoms with van der Waals surface area (Å²) < 4.78 is 0. The highest BCUT2D eigenvalue weighted by Crippen LogP contribution is 2.22. The van der Waals surface area contributed by atoms with Crippen LogP contribution in [0.5, 0.6) is 0 Å². The first-order chi connectivity index (χ1) is 17.3. The van der Waals surface area contributed by atoms with E-state index in [1.165, 1.54) is 0 Å². The number of nitrogens with one attached hydrogen (secondary N) is 2. The van der Waals surface area contributed by atoms with Gasteiger partial charge in [-0.25, -0.2) is 0 Å². The molecule has 4 aromatic rings. The van der Waals surface area contributed by atoms with E-state index in [2.05, 4.69) is 10.6 Å². The average molecular weight is 479 g/mol. The van der Waals surface area contributed by atoms with Gasteiger partial charge >= 0.3 is 0 Å². The van der Waals surface area contributed by atoms with Crippen molar-refractivity contribution in [3.05, 3.63) is 108 Å². The zero-order chi connectivity index (χ0) is 25.7. The topological polar surface area (TPSA) is 64.7 Å². The van der Waals surface area contributed by atoms with Gasteiger partial charge in [0.1, 0.15) is 0 Å². The minimum atomic E-state index is -0.162. The van der Waals surface area contributed by atoms with Crippen molar-refractivity contribution in [2.45, 2.75) is 0 Å². The van der Waals surface area contributed by atoms with E-state index in [9.17, 15) is 9.59 Å². The Morgan fingerprint density at radius 3 is 1.06 bits per heavy atom. The van der Waals surface area contributed by atoms with Crippen molar-refractivity contribution < 1.29 is 9.59 Å². The molecule has 36 heavy (non-hydrogen) atoms. The molecule has 0 saturated carbocycles. The van der Waals surface area contributed by atoms with Gasteiger partial charge in [0.15, 0.2) is 0 Å². The Hall–Kier alpha value is -4.58. The molecule has 4 aromatic carbocycles. The Labute approximate surface area is 212 Å². The number of hydrogen-bond acceptors (Lipinski definition) is 4. The Balaban J connectivity index is 1.38. The lowest BCUT2D eigenvalue weighted by atomic mass is 10.0. The second-order valence-corrected chi connectivity index (χ2v) is 8.95. The van der Waals surface area contributed by atoms with Crippen molar-refractivity contribution in [1.29, 1.82) is 0 Å².